The van der Waals surface area contributed by atoms with Crippen LogP contribution in [0.2, 0.25) is 0 Å². The monoisotopic (exact) mass is 480 g/mol. The molecule has 34 heavy (non-hydrogen) atoms. The zero-order valence-corrected chi connectivity index (χ0v) is 21.3. The number of rotatable bonds is 9. The highest BCUT2D eigenvalue weighted by Crippen LogP contribution is 2.37. The smallest absolute Gasteiger partial charge is 0.0583 e. The van der Waals surface area contributed by atoms with E-state index in [1.54, 1.807) is 0 Å². The Balaban J connectivity index is 1.38. The van der Waals surface area contributed by atoms with Crippen molar-refractivity contribution < 1.29 is 20.4 Å². The van der Waals surface area contributed by atoms with Crippen molar-refractivity contribution in [1.82, 2.24) is 10.6 Å². The van der Waals surface area contributed by atoms with Crippen molar-refractivity contribution >= 4 is 0 Å². The van der Waals surface area contributed by atoms with Crippen molar-refractivity contribution in [3.8, 4) is 0 Å². The molecule has 0 saturated heterocycles. The first kappa shape index (κ1) is 26.8. The van der Waals surface area contributed by atoms with Gasteiger partial charge in [0, 0.05) is 48.8 Å². The predicted octanol–water partition coefficient (Wildman–Crippen LogP) is 3.11. The molecule has 0 aromatic rings. The molecule has 4 rings (SSSR count). The van der Waals surface area contributed by atoms with Gasteiger partial charge in [-0.25, -0.2) is 0 Å². The maximum Gasteiger partial charge on any atom is 0.0583 e. The molecule has 8 atom stereocenters. The molecule has 6 N–H and O–H groups in total. The molecule has 0 bridgehead atoms. The second-order valence-electron chi connectivity index (χ2n) is 12.0. The van der Waals surface area contributed by atoms with E-state index in [1.807, 2.05) is 0 Å². The highest BCUT2D eigenvalue weighted by atomic mass is 16.3. The number of hydrogen-bond donors (Lipinski definition) is 6. The second kappa shape index (κ2) is 13.3. The number of nitrogens with one attached hydrogen (secondary N) is 2. The van der Waals surface area contributed by atoms with Crippen molar-refractivity contribution in [3.05, 3.63) is 0 Å². The maximum atomic E-state index is 10.8. The van der Waals surface area contributed by atoms with E-state index in [0.717, 1.165) is 90.1 Å². The summed E-state index contributed by atoms with van der Waals surface area (Å²) in [6.45, 7) is 1.58. The maximum absolute atomic E-state index is 10.8. The van der Waals surface area contributed by atoms with Gasteiger partial charge in [0.25, 0.3) is 0 Å². The van der Waals surface area contributed by atoms with Crippen molar-refractivity contribution in [3.63, 3.8) is 0 Å². The molecule has 4 fully saturated rings. The molecule has 198 valence electrons. The van der Waals surface area contributed by atoms with Gasteiger partial charge in [0.05, 0.1) is 24.4 Å². The lowest BCUT2D eigenvalue weighted by Gasteiger charge is -2.44. The van der Waals surface area contributed by atoms with E-state index < -0.39 is 0 Å². The van der Waals surface area contributed by atoms with Crippen LogP contribution in [0.15, 0.2) is 0 Å². The molecule has 6 nitrogen and oxygen atoms in total. The minimum atomic E-state index is -0.268. The third kappa shape index (κ3) is 6.74. The lowest BCUT2D eigenvalue weighted by Crippen LogP contribution is -2.55. The zero-order valence-electron chi connectivity index (χ0n) is 21.3. The van der Waals surface area contributed by atoms with Crippen LogP contribution >= 0.6 is 0 Å². The van der Waals surface area contributed by atoms with Crippen LogP contribution in [0.1, 0.15) is 103 Å². The van der Waals surface area contributed by atoms with E-state index in [4.69, 9.17) is 0 Å². The van der Waals surface area contributed by atoms with Gasteiger partial charge in [-0.05, 0) is 51.4 Å². The second-order valence-corrected chi connectivity index (χ2v) is 12.0. The quantitative estimate of drug-likeness (QED) is 0.283. The van der Waals surface area contributed by atoms with Crippen LogP contribution in [0, 0.1) is 23.7 Å². The van der Waals surface area contributed by atoms with Crippen LogP contribution in [-0.4, -0.2) is 70.0 Å². The van der Waals surface area contributed by atoms with Crippen LogP contribution in [0.5, 0.6) is 0 Å². The third-order valence-corrected chi connectivity index (χ3v) is 9.86. The van der Waals surface area contributed by atoms with Gasteiger partial charge in [0.2, 0.25) is 0 Å². The van der Waals surface area contributed by atoms with Crippen molar-refractivity contribution in [2.45, 2.75) is 139 Å². The van der Waals surface area contributed by atoms with Crippen molar-refractivity contribution in [2.24, 2.45) is 23.7 Å². The van der Waals surface area contributed by atoms with Gasteiger partial charge >= 0.3 is 0 Å². The molecule has 0 aromatic heterocycles. The van der Waals surface area contributed by atoms with Crippen LogP contribution in [0.3, 0.4) is 0 Å². The lowest BCUT2D eigenvalue weighted by atomic mass is 9.71. The molecular formula is C28H52N2O4. The van der Waals surface area contributed by atoms with Gasteiger partial charge in [-0.3, -0.25) is 0 Å². The molecule has 4 aliphatic rings. The fraction of sp³-hybridized carbons (Fsp3) is 1.00. The largest absolute Gasteiger partial charge is 0.393 e. The first-order chi connectivity index (χ1) is 16.6. The molecule has 4 aliphatic carbocycles. The Labute approximate surface area is 207 Å². The van der Waals surface area contributed by atoms with E-state index in [9.17, 15) is 20.4 Å². The van der Waals surface area contributed by atoms with Gasteiger partial charge < -0.3 is 31.1 Å². The first-order valence-corrected chi connectivity index (χ1v) is 14.7. The van der Waals surface area contributed by atoms with Crippen molar-refractivity contribution in [2.75, 3.05) is 13.1 Å². The fourth-order valence-corrected chi connectivity index (χ4v) is 7.95. The fourth-order valence-electron chi connectivity index (χ4n) is 7.95. The molecule has 0 aliphatic heterocycles. The van der Waals surface area contributed by atoms with E-state index in [0.29, 0.717) is 0 Å². The normalized spacial score (nSPS) is 41.6. The summed E-state index contributed by atoms with van der Waals surface area (Å²) in [5.41, 5.74) is 0. The third-order valence-electron chi connectivity index (χ3n) is 9.86. The molecular weight excluding hydrogens is 428 g/mol. The number of hydrogen-bond acceptors (Lipinski definition) is 6. The highest BCUT2D eigenvalue weighted by Gasteiger charge is 2.41. The molecule has 0 heterocycles. The van der Waals surface area contributed by atoms with Crippen LogP contribution < -0.4 is 10.6 Å². The molecule has 0 radical (unpaired) electrons. The SMILES string of the molecule is OC1CCCCC1C(NCCNC(C1CCCCC1O)C1CCCCC1O)C1CCCCC1O. The minimum absolute atomic E-state index is 0.159. The zero-order chi connectivity index (χ0) is 23.9. The summed E-state index contributed by atoms with van der Waals surface area (Å²) in [5, 5.41) is 50.8. The topological polar surface area (TPSA) is 105 Å². The Kier molecular flexibility index (Phi) is 10.5. The number of aliphatic hydroxyl groups excluding tert-OH is 4. The standard InChI is InChI=1S/C28H52N2O4/c31-23-13-5-1-9-19(23)27(20-10-2-6-14-24(20)32)29-17-18-30-28(21-11-3-7-15-25(21)33)22-12-4-8-16-26(22)34/h19-34H,1-18H2. The average molecular weight is 481 g/mol. The van der Waals surface area contributed by atoms with E-state index in [1.165, 1.54) is 25.7 Å². The Bertz CT molecular complexity index is 499. The van der Waals surface area contributed by atoms with Gasteiger partial charge in [-0.1, -0.05) is 51.4 Å². The highest BCUT2D eigenvalue weighted by molar-refractivity contribution is 4.95. The summed E-state index contributed by atoms with van der Waals surface area (Å²) < 4.78 is 0. The van der Waals surface area contributed by atoms with Crippen LogP contribution in [-0.2, 0) is 0 Å². The minimum Gasteiger partial charge on any atom is -0.393 e. The van der Waals surface area contributed by atoms with E-state index in [-0.39, 0.29) is 60.2 Å². The molecule has 0 aromatic carbocycles. The average Bonchev–Trinajstić information content (AvgIpc) is 2.84. The summed E-state index contributed by atoms with van der Waals surface area (Å²) in [6, 6.07) is 0.317. The molecule has 0 amide bonds. The Morgan fingerprint density at radius 1 is 0.412 bits per heavy atom. The van der Waals surface area contributed by atoms with Gasteiger partial charge in [-0.15, -0.1) is 0 Å². The molecule has 0 spiro atoms. The summed E-state index contributed by atoms with van der Waals surface area (Å²) in [6.07, 6.45) is 15.7. The van der Waals surface area contributed by atoms with Crippen LogP contribution in [0.25, 0.3) is 0 Å². The Hall–Kier alpha value is -0.240. The molecule has 4 saturated carbocycles. The van der Waals surface area contributed by atoms with Gasteiger partial charge in [0.1, 0.15) is 0 Å². The number of aliphatic hydroxyl groups is 4. The van der Waals surface area contributed by atoms with E-state index >= 15 is 0 Å². The summed E-state index contributed by atoms with van der Waals surface area (Å²) >= 11 is 0. The van der Waals surface area contributed by atoms with Gasteiger partial charge in [0.15, 0.2) is 0 Å². The summed E-state index contributed by atoms with van der Waals surface area (Å²) in [5.74, 6) is 0.899. The Morgan fingerprint density at radius 2 is 0.647 bits per heavy atom. The van der Waals surface area contributed by atoms with Gasteiger partial charge in [-0.2, -0.15) is 0 Å². The summed E-state index contributed by atoms with van der Waals surface area (Å²) in [7, 11) is 0. The molecule has 6 heteroatoms. The summed E-state index contributed by atoms with van der Waals surface area (Å²) in [4.78, 5) is 0. The van der Waals surface area contributed by atoms with Crippen molar-refractivity contribution in [1.29, 1.82) is 0 Å². The van der Waals surface area contributed by atoms with Crippen LogP contribution in [0.4, 0.5) is 0 Å². The predicted molar refractivity (Wildman–Crippen MR) is 135 cm³/mol. The Morgan fingerprint density at radius 3 is 0.882 bits per heavy atom. The lowest BCUT2D eigenvalue weighted by molar-refractivity contribution is -0.0167. The first-order valence-electron chi connectivity index (χ1n) is 14.7. The van der Waals surface area contributed by atoms with E-state index in [2.05, 4.69) is 10.6 Å². The molecule has 8 unspecified atom stereocenters.